The van der Waals surface area contributed by atoms with Crippen LogP contribution in [0, 0.1) is 5.92 Å². The third-order valence-corrected chi connectivity index (χ3v) is 6.40. The summed E-state index contributed by atoms with van der Waals surface area (Å²) in [5.41, 5.74) is 1.34. The van der Waals surface area contributed by atoms with E-state index < -0.39 is 10.0 Å². The molecule has 2 aromatic rings. The summed E-state index contributed by atoms with van der Waals surface area (Å²) in [7, 11) is -0.123. The maximum atomic E-state index is 12.5. The van der Waals surface area contributed by atoms with Gasteiger partial charge in [0.25, 0.3) is 15.9 Å². The lowest BCUT2D eigenvalue weighted by Crippen LogP contribution is -2.31. The van der Waals surface area contributed by atoms with Gasteiger partial charge in [-0.05, 0) is 36.4 Å². The minimum atomic E-state index is -3.55. The van der Waals surface area contributed by atoms with Gasteiger partial charge in [-0.15, -0.1) is 15.7 Å². The van der Waals surface area contributed by atoms with Gasteiger partial charge in [-0.1, -0.05) is 11.6 Å². The highest BCUT2D eigenvalue weighted by atomic mass is 35.5. The predicted molar refractivity (Wildman–Crippen MR) is 124 cm³/mol. The van der Waals surface area contributed by atoms with E-state index in [1.165, 1.54) is 11.3 Å². The second kappa shape index (κ2) is 9.37. The minimum absolute atomic E-state index is 0.00399. The van der Waals surface area contributed by atoms with E-state index in [-0.39, 0.29) is 17.7 Å². The van der Waals surface area contributed by atoms with Gasteiger partial charge < -0.3 is 15.1 Å². The Kier molecular flexibility index (Phi) is 7.03. The Hall–Kier alpha value is -2.43. The van der Waals surface area contributed by atoms with Crippen LogP contribution in [0.3, 0.4) is 0 Å². The number of thiophene rings is 1. The highest BCUT2D eigenvalue weighted by Crippen LogP contribution is 2.26. The standard InChI is InChI=1S/C20H23ClN4O4S2/c1-24(2)19(23-31(3,28)29)14-4-6-15(7-5-14)25-12-13(10-18(25)26)11-22-20(27)16-8-9-17(21)30-16/h4-9,13H,10-12H2,1-3H3,(H,22,27). The number of carbonyl (C=O) groups excluding carboxylic acids is 2. The van der Waals surface area contributed by atoms with Gasteiger partial charge in [0.2, 0.25) is 5.91 Å². The van der Waals surface area contributed by atoms with Crippen LogP contribution in [-0.2, 0) is 14.8 Å². The first kappa shape index (κ1) is 23.2. The Morgan fingerprint density at radius 3 is 2.48 bits per heavy atom. The van der Waals surface area contributed by atoms with Crippen molar-refractivity contribution in [2.45, 2.75) is 6.42 Å². The van der Waals surface area contributed by atoms with Gasteiger partial charge in [0, 0.05) is 50.8 Å². The average Bonchev–Trinajstić information content (AvgIpc) is 3.29. The van der Waals surface area contributed by atoms with E-state index in [1.807, 2.05) is 0 Å². The molecule has 1 aromatic carbocycles. The van der Waals surface area contributed by atoms with Crippen molar-refractivity contribution in [3.05, 3.63) is 51.2 Å². The molecule has 11 heteroatoms. The monoisotopic (exact) mass is 482 g/mol. The van der Waals surface area contributed by atoms with Crippen molar-refractivity contribution in [2.24, 2.45) is 10.3 Å². The van der Waals surface area contributed by atoms with Gasteiger partial charge in [0.15, 0.2) is 0 Å². The number of sulfonamides is 1. The van der Waals surface area contributed by atoms with Crippen molar-refractivity contribution in [1.82, 2.24) is 10.2 Å². The zero-order valence-electron chi connectivity index (χ0n) is 17.3. The van der Waals surface area contributed by atoms with Gasteiger partial charge in [-0.25, -0.2) is 8.42 Å². The third kappa shape index (κ3) is 6.05. The van der Waals surface area contributed by atoms with Crippen LogP contribution in [-0.4, -0.2) is 64.4 Å². The molecule has 1 fully saturated rings. The number of halogens is 1. The maximum absolute atomic E-state index is 12.5. The second-order valence-corrected chi connectivity index (χ2v) is 10.8. The van der Waals surface area contributed by atoms with Crippen molar-refractivity contribution >= 4 is 56.3 Å². The molecule has 2 heterocycles. The second-order valence-electron chi connectivity index (χ2n) is 7.48. The van der Waals surface area contributed by atoms with Gasteiger partial charge in [-0.3, -0.25) is 9.59 Å². The van der Waals surface area contributed by atoms with Crippen LogP contribution >= 0.6 is 22.9 Å². The molecule has 1 aliphatic heterocycles. The molecule has 0 aliphatic carbocycles. The number of amidine groups is 1. The van der Waals surface area contributed by atoms with E-state index in [9.17, 15) is 18.0 Å². The van der Waals surface area contributed by atoms with Gasteiger partial charge in [0.1, 0.15) is 5.84 Å². The van der Waals surface area contributed by atoms with E-state index in [4.69, 9.17) is 11.6 Å². The Bertz CT molecular complexity index is 1110. The van der Waals surface area contributed by atoms with E-state index >= 15 is 0 Å². The summed E-state index contributed by atoms with van der Waals surface area (Å²) < 4.78 is 27.5. The largest absolute Gasteiger partial charge is 0.362 e. The van der Waals surface area contributed by atoms with E-state index in [0.29, 0.717) is 45.8 Å². The van der Waals surface area contributed by atoms with Gasteiger partial charge in [0.05, 0.1) is 15.5 Å². The van der Waals surface area contributed by atoms with E-state index in [1.54, 1.807) is 60.3 Å². The zero-order chi connectivity index (χ0) is 22.8. The van der Waals surface area contributed by atoms with Crippen molar-refractivity contribution < 1.29 is 18.0 Å². The molecular weight excluding hydrogens is 460 g/mol. The number of rotatable bonds is 6. The number of anilines is 1. The van der Waals surface area contributed by atoms with Crippen LogP contribution in [0.1, 0.15) is 21.7 Å². The molecule has 0 spiro atoms. The molecule has 3 rings (SSSR count). The van der Waals surface area contributed by atoms with Crippen LogP contribution in [0.15, 0.2) is 40.8 Å². The molecular formula is C20H23ClN4O4S2. The summed E-state index contributed by atoms with van der Waals surface area (Å²) >= 11 is 7.07. The Morgan fingerprint density at radius 1 is 1.26 bits per heavy atom. The summed E-state index contributed by atoms with van der Waals surface area (Å²) in [4.78, 5) is 28.5. The Morgan fingerprint density at radius 2 is 1.94 bits per heavy atom. The summed E-state index contributed by atoms with van der Waals surface area (Å²) in [5.74, 6) is 0.0871. The van der Waals surface area contributed by atoms with Gasteiger partial charge in [-0.2, -0.15) is 0 Å². The highest BCUT2D eigenvalue weighted by molar-refractivity contribution is 7.89. The van der Waals surface area contributed by atoms with Crippen molar-refractivity contribution in [3.63, 3.8) is 0 Å². The number of amides is 2. The first-order valence-electron chi connectivity index (χ1n) is 9.45. The molecule has 166 valence electrons. The average molecular weight is 483 g/mol. The van der Waals surface area contributed by atoms with Crippen molar-refractivity contribution in [2.75, 3.05) is 38.3 Å². The van der Waals surface area contributed by atoms with Gasteiger partial charge >= 0.3 is 0 Å². The topological polar surface area (TPSA) is 99.2 Å². The van der Waals surface area contributed by atoms with E-state index in [0.717, 1.165) is 6.26 Å². The van der Waals surface area contributed by atoms with Crippen molar-refractivity contribution in [3.8, 4) is 0 Å². The SMILES string of the molecule is CN(C)C(=NS(C)(=O)=O)c1ccc(N2CC(CNC(=O)c3ccc(Cl)s3)CC2=O)cc1. The smallest absolute Gasteiger partial charge is 0.261 e. The fourth-order valence-electron chi connectivity index (χ4n) is 3.27. The number of hydrogen-bond acceptors (Lipinski definition) is 5. The fourth-order valence-corrected chi connectivity index (χ4v) is 4.81. The van der Waals surface area contributed by atoms with Crippen LogP contribution < -0.4 is 10.2 Å². The summed E-state index contributed by atoms with van der Waals surface area (Å²) in [6.07, 6.45) is 1.38. The molecule has 1 unspecified atom stereocenters. The minimum Gasteiger partial charge on any atom is -0.362 e. The summed E-state index contributed by atoms with van der Waals surface area (Å²) in [5, 5.41) is 2.86. The molecule has 31 heavy (non-hydrogen) atoms. The van der Waals surface area contributed by atoms with E-state index in [2.05, 4.69) is 9.71 Å². The quantitative estimate of drug-likeness (QED) is 0.503. The summed E-state index contributed by atoms with van der Waals surface area (Å²) in [6.45, 7) is 0.877. The zero-order valence-corrected chi connectivity index (χ0v) is 19.7. The molecule has 0 bridgehead atoms. The molecule has 2 amide bonds. The highest BCUT2D eigenvalue weighted by Gasteiger charge is 2.31. The van der Waals surface area contributed by atoms with Crippen LogP contribution in [0.5, 0.6) is 0 Å². The fraction of sp³-hybridized carbons (Fsp3) is 0.350. The molecule has 8 nitrogen and oxygen atoms in total. The van der Waals surface area contributed by atoms with Crippen LogP contribution in [0.2, 0.25) is 4.34 Å². The molecule has 1 aliphatic rings. The predicted octanol–water partition coefficient (Wildman–Crippen LogP) is 2.45. The first-order chi connectivity index (χ1) is 14.5. The lowest BCUT2D eigenvalue weighted by Gasteiger charge is -2.19. The number of benzene rings is 1. The molecule has 0 saturated carbocycles. The lowest BCUT2D eigenvalue weighted by atomic mass is 10.1. The molecule has 1 saturated heterocycles. The normalized spacial score (nSPS) is 17.2. The molecule has 1 aromatic heterocycles. The van der Waals surface area contributed by atoms with Crippen molar-refractivity contribution in [1.29, 1.82) is 0 Å². The number of nitrogens with one attached hydrogen (secondary N) is 1. The Balaban J connectivity index is 1.66. The molecule has 1 atom stereocenters. The molecule has 0 radical (unpaired) electrons. The maximum Gasteiger partial charge on any atom is 0.261 e. The number of hydrogen-bond donors (Lipinski definition) is 1. The third-order valence-electron chi connectivity index (χ3n) is 4.67. The Labute approximate surface area is 190 Å². The summed E-state index contributed by atoms with van der Waals surface area (Å²) in [6, 6.07) is 10.4. The number of nitrogens with zero attached hydrogens (tertiary/aromatic N) is 3. The lowest BCUT2D eigenvalue weighted by molar-refractivity contribution is -0.117. The molecule has 1 N–H and O–H groups in total. The first-order valence-corrected chi connectivity index (χ1v) is 12.5. The van der Waals surface area contributed by atoms with Crippen LogP contribution in [0.25, 0.3) is 0 Å². The number of carbonyl (C=O) groups is 2. The van der Waals surface area contributed by atoms with Crippen LogP contribution in [0.4, 0.5) is 5.69 Å².